The van der Waals surface area contributed by atoms with Gasteiger partial charge in [-0.2, -0.15) is 0 Å². The standard InChI is InChI=1S/C12H15N3O3/c1-18-12(17)9-10(14-5-13-9)15-11(16)8-3-6-2-7(6)4-8/h5-8H,2-4H2,1H3,(H,13,14)(H,15,16)/t6-,7+,8?. The van der Waals surface area contributed by atoms with Crippen molar-refractivity contribution in [3.8, 4) is 0 Å². The molecule has 6 heteroatoms. The number of methoxy groups -OCH3 is 1. The molecule has 0 spiro atoms. The molecule has 1 aromatic heterocycles. The number of carbonyl (C=O) groups is 2. The number of nitrogens with one attached hydrogen (secondary N) is 2. The average molecular weight is 249 g/mol. The Hall–Kier alpha value is -1.85. The van der Waals surface area contributed by atoms with Gasteiger partial charge in [-0.05, 0) is 31.1 Å². The van der Waals surface area contributed by atoms with E-state index in [1.165, 1.54) is 19.9 Å². The molecule has 6 nitrogen and oxygen atoms in total. The first-order valence-electron chi connectivity index (χ1n) is 6.11. The largest absolute Gasteiger partial charge is 0.464 e. The van der Waals surface area contributed by atoms with Crippen LogP contribution in [0, 0.1) is 17.8 Å². The van der Waals surface area contributed by atoms with E-state index in [0.29, 0.717) is 0 Å². The minimum Gasteiger partial charge on any atom is -0.464 e. The minimum atomic E-state index is -0.530. The highest BCUT2D eigenvalue weighted by molar-refractivity contribution is 5.99. The molecule has 1 unspecified atom stereocenters. The Balaban J connectivity index is 1.67. The second-order valence-corrected chi connectivity index (χ2v) is 5.03. The van der Waals surface area contributed by atoms with Crippen molar-refractivity contribution in [2.24, 2.45) is 17.8 Å². The average Bonchev–Trinajstić information content (AvgIpc) is 2.81. The Morgan fingerprint density at radius 2 is 2.11 bits per heavy atom. The fourth-order valence-corrected chi connectivity index (χ4v) is 2.79. The van der Waals surface area contributed by atoms with E-state index in [9.17, 15) is 9.59 Å². The van der Waals surface area contributed by atoms with Gasteiger partial charge in [-0.1, -0.05) is 0 Å². The number of imidazole rings is 1. The van der Waals surface area contributed by atoms with Gasteiger partial charge in [-0.25, -0.2) is 9.78 Å². The molecule has 2 aliphatic carbocycles. The molecule has 2 N–H and O–H groups in total. The third kappa shape index (κ3) is 1.87. The van der Waals surface area contributed by atoms with Crippen LogP contribution in [0.4, 0.5) is 5.82 Å². The molecule has 1 aromatic rings. The van der Waals surface area contributed by atoms with Crippen LogP contribution in [-0.2, 0) is 9.53 Å². The normalized spacial score (nSPS) is 28.6. The van der Waals surface area contributed by atoms with Gasteiger partial charge >= 0.3 is 5.97 Å². The number of fused-ring (bicyclic) bond motifs is 1. The smallest absolute Gasteiger partial charge is 0.358 e. The summed E-state index contributed by atoms with van der Waals surface area (Å²) in [7, 11) is 1.29. The van der Waals surface area contributed by atoms with Crippen molar-refractivity contribution in [2.45, 2.75) is 19.3 Å². The van der Waals surface area contributed by atoms with E-state index < -0.39 is 5.97 Å². The number of nitrogens with zero attached hydrogens (tertiary/aromatic N) is 1. The van der Waals surface area contributed by atoms with Gasteiger partial charge in [0.25, 0.3) is 0 Å². The lowest BCUT2D eigenvalue weighted by Gasteiger charge is -2.11. The predicted molar refractivity (Wildman–Crippen MR) is 62.9 cm³/mol. The van der Waals surface area contributed by atoms with Crippen LogP contribution in [0.3, 0.4) is 0 Å². The summed E-state index contributed by atoms with van der Waals surface area (Å²) in [5.41, 5.74) is 0.189. The highest BCUT2D eigenvalue weighted by Gasteiger charge is 2.48. The summed E-state index contributed by atoms with van der Waals surface area (Å²) in [4.78, 5) is 30.0. The van der Waals surface area contributed by atoms with Crippen LogP contribution in [-0.4, -0.2) is 29.0 Å². The third-order valence-corrected chi connectivity index (χ3v) is 3.88. The molecule has 96 valence electrons. The zero-order chi connectivity index (χ0) is 12.7. The van der Waals surface area contributed by atoms with E-state index in [2.05, 4.69) is 20.0 Å². The molecule has 0 aliphatic heterocycles. The molecule has 3 atom stereocenters. The van der Waals surface area contributed by atoms with Crippen LogP contribution in [0.25, 0.3) is 0 Å². The van der Waals surface area contributed by atoms with Crippen molar-refractivity contribution in [2.75, 3.05) is 12.4 Å². The first kappa shape index (κ1) is 11.3. The molecular formula is C12H15N3O3. The SMILES string of the molecule is COC(=O)c1[nH]cnc1NC(=O)C1C[C@@H]2C[C@@H]2C1. The van der Waals surface area contributed by atoms with Crippen molar-refractivity contribution in [3.05, 3.63) is 12.0 Å². The van der Waals surface area contributed by atoms with Crippen LogP contribution < -0.4 is 5.32 Å². The summed E-state index contributed by atoms with van der Waals surface area (Å²) in [6, 6.07) is 0. The summed E-state index contributed by atoms with van der Waals surface area (Å²) in [5, 5.41) is 2.71. The molecule has 3 rings (SSSR count). The Morgan fingerprint density at radius 1 is 1.39 bits per heavy atom. The summed E-state index contributed by atoms with van der Waals surface area (Å²) in [6.07, 6.45) is 4.58. The van der Waals surface area contributed by atoms with Gasteiger partial charge < -0.3 is 15.0 Å². The lowest BCUT2D eigenvalue weighted by molar-refractivity contribution is -0.120. The first-order chi connectivity index (χ1) is 8.69. The number of carbonyl (C=O) groups excluding carboxylic acids is 2. The minimum absolute atomic E-state index is 0.0422. The topological polar surface area (TPSA) is 84.1 Å². The predicted octanol–water partition coefficient (Wildman–Crippen LogP) is 1.18. The van der Waals surface area contributed by atoms with Gasteiger partial charge in [0.05, 0.1) is 13.4 Å². The van der Waals surface area contributed by atoms with Crippen LogP contribution >= 0.6 is 0 Å². The Morgan fingerprint density at radius 3 is 2.78 bits per heavy atom. The van der Waals surface area contributed by atoms with Crippen LogP contribution in [0.15, 0.2) is 6.33 Å². The molecule has 18 heavy (non-hydrogen) atoms. The summed E-state index contributed by atoms with van der Waals surface area (Å²) >= 11 is 0. The van der Waals surface area contributed by atoms with Gasteiger partial charge in [0.1, 0.15) is 0 Å². The number of ether oxygens (including phenoxy) is 1. The highest BCUT2D eigenvalue weighted by Crippen LogP contribution is 2.54. The van der Waals surface area contributed by atoms with Crippen molar-refractivity contribution in [3.63, 3.8) is 0 Å². The molecule has 0 radical (unpaired) electrons. The molecular weight excluding hydrogens is 234 g/mol. The van der Waals surface area contributed by atoms with E-state index >= 15 is 0 Å². The maximum atomic E-state index is 12.0. The number of esters is 1. The van der Waals surface area contributed by atoms with Gasteiger partial charge in [-0.3, -0.25) is 4.79 Å². The lowest BCUT2D eigenvalue weighted by Crippen LogP contribution is -2.23. The second-order valence-electron chi connectivity index (χ2n) is 5.03. The quantitative estimate of drug-likeness (QED) is 0.788. The van der Waals surface area contributed by atoms with Crippen molar-refractivity contribution >= 4 is 17.7 Å². The van der Waals surface area contributed by atoms with E-state index in [1.807, 2.05) is 0 Å². The molecule has 0 saturated heterocycles. The number of hydrogen-bond donors (Lipinski definition) is 2. The van der Waals surface area contributed by atoms with E-state index in [4.69, 9.17) is 0 Å². The summed E-state index contributed by atoms with van der Waals surface area (Å²) in [6.45, 7) is 0. The Bertz CT molecular complexity index is 487. The van der Waals surface area contributed by atoms with E-state index in [0.717, 1.165) is 24.7 Å². The van der Waals surface area contributed by atoms with Crippen LogP contribution in [0.2, 0.25) is 0 Å². The molecule has 0 aromatic carbocycles. The number of rotatable bonds is 3. The number of amides is 1. The number of anilines is 1. The number of hydrogen-bond acceptors (Lipinski definition) is 4. The first-order valence-corrected chi connectivity index (χ1v) is 6.11. The molecule has 2 saturated carbocycles. The van der Waals surface area contributed by atoms with Gasteiger partial charge in [0.15, 0.2) is 11.5 Å². The molecule has 2 fully saturated rings. The summed E-state index contributed by atoms with van der Waals surface area (Å²) < 4.78 is 4.60. The number of H-pyrrole nitrogens is 1. The monoisotopic (exact) mass is 249 g/mol. The highest BCUT2D eigenvalue weighted by atomic mass is 16.5. The zero-order valence-electron chi connectivity index (χ0n) is 10.1. The Kier molecular flexibility index (Phi) is 2.57. The molecule has 1 heterocycles. The van der Waals surface area contributed by atoms with Gasteiger partial charge in [0.2, 0.25) is 5.91 Å². The number of aromatic amines is 1. The zero-order valence-corrected chi connectivity index (χ0v) is 10.1. The fraction of sp³-hybridized carbons (Fsp3) is 0.583. The van der Waals surface area contributed by atoms with Crippen LogP contribution in [0.5, 0.6) is 0 Å². The van der Waals surface area contributed by atoms with Crippen molar-refractivity contribution < 1.29 is 14.3 Å². The Labute approximate surface area is 104 Å². The van der Waals surface area contributed by atoms with Crippen molar-refractivity contribution in [1.82, 2.24) is 9.97 Å². The molecule has 0 bridgehead atoms. The fourth-order valence-electron chi connectivity index (χ4n) is 2.79. The lowest BCUT2D eigenvalue weighted by atomic mass is 10.0. The number of aromatic nitrogens is 2. The maximum Gasteiger partial charge on any atom is 0.358 e. The van der Waals surface area contributed by atoms with Crippen molar-refractivity contribution in [1.29, 1.82) is 0 Å². The molecule has 1 amide bonds. The van der Waals surface area contributed by atoms with Gasteiger partial charge in [0, 0.05) is 5.92 Å². The van der Waals surface area contributed by atoms with Gasteiger partial charge in [-0.15, -0.1) is 0 Å². The van der Waals surface area contributed by atoms with E-state index in [-0.39, 0.29) is 23.3 Å². The molecule has 2 aliphatic rings. The summed E-state index contributed by atoms with van der Waals surface area (Å²) in [5.74, 6) is 1.25. The maximum absolute atomic E-state index is 12.0. The second kappa shape index (κ2) is 4.12. The third-order valence-electron chi connectivity index (χ3n) is 3.88. The van der Waals surface area contributed by atoms with E-state index in [1.54, 1.807) is 0 Å². The van der Waals surface area contributed by atoms with Crippen LogP contribution in [0.1, 0.15) is 29.8 Å².